The summed E-state index contributed by atoms with van der Waals surface area (Å²) in [4.78, 5) is 11.9. The molecule has 0 spiro atoms. The number of amides is 1. The summed E-state index contributed by atoms with van der Waals surface area (Å²) in [5.74, 6) is 0.999. The lowest BCUT2D eigenvalue weighted by Gasteiger charge is -2.29. The molecule has 1 aromatic rings. The molecule has 3 nitrogen and oxygen atoms in total. The summed E-state index contributed by atoms with van der Waals surface area (Å²) >= 11 is 11.7. The SMILES string of the molecule is C[C@@H]1CCCC[C@H]1NC(=O)COc1ccc(Cl)c(Cl)c1. The van der Waals surface area contributed by atoms with Crippen molar-refractivity contribution in [2.45, 2.75) is 38.6 Å². The van der Waals surface area contributed by atoms with Crippen molar-refractivity contribution in [1.29, 1.82) is 0 Å². The monoisotopic (exact) mass is 315 g/mol. The van der Waals surface area contributed by atoms with Crippen LogP contribution in [0.2, 0.25) is 10.0 Å². The van der Waals surface area contributed by atoms with Crippen LogP contribution in [0.3, 0.4) is 0 Å². The van der Waals surface area contributed by atoms with E-state index in [2.05, 4.69) is 12.2 Å². The van der Waals surface area contributed by atoms with Gasteiger partial charge in [-0.2, -0.15) is 0 Å². The van der Waals surface area contributed by atoms with Gasteiger partial charge in [-0.15, -0.1) is 0 Å². The fourth-order valence-electron chi connectivity index (χ4n) is 2.49. The number of halogens is 2. The first kappa shape index (κ1) is 15.5. The van der Waals surface area contributed by atoms with Crippen LogP contribution in [-0.4, -0.2) is 18.6 Å². The Hall–Kier alpha value is -0.930. The molecular formula is C15H19Cl2NO2. The first-order valence-electron chi connectivity index (χ1n) is 6.93. The summed E-state index contributed by atoms with van der Waals surface area (Å²) in [7, 11) is 0. The van der Waals surface area contributed by atoms with Gasteiger partial charge >= 0.3 is 0 Å². The zero-order chi connectivity index (χ0) is 14.5. The molecular weight excluding hydrogens is 297 g/mol. The molecule has 0 radical (unpaired) electrons. The van der Waals surface area contributed by atoms with Gasteiger partial charge in [-0.3, -0.25) is 4.79 Å². The van der Waals surface area contributed by atoms with Crippen LogP contribution < -0.4 is 10.1 Å². The lowest BCUT2D eigenvalue weighted by atomic mass is 9.86. The number of rotatable bonds is 4. The van der Waals surface area contributed by atoms with E-state index in [1.807, 2.05) is 0 Å². The van der Waals surface area contributed by atoms with Gasteiger partial charge in [-0.1, -0.05) is 43.0 Å². The molecule has 0 bridgehead atoms. The fraction of sp³-hybridized carbons (Fsp3) is 0.533. The van der Waals surface area contributed by atoms with Crippen LogP contribution in [0.4, 0.5) is 0 Å². The zero-order valence-corrected chi connectivity index (χ0v) is 13.0. The van der Waals surface area contributed by atoms with E-state index in [4.69, 9.17) is 27.9 Å². The molecule has 1 aliphatic rings. The molecule has 0 heterocycles. The minimum Gasteiger partial charge on any atom is -0.484 e. The maximum atomic E-state index is 11.9. The van der Waals surface area contributed by atoms with E-state index in [-0.39, 0.29) is 18.6 Å². The molecule has 0 aromatic heterocycles. The van der Waals surface area contributed by atoms with Crippen LogP contribution in [0.25, 0.3) is 0 Å². The van der Waals surface area contributed by atoms with E-state index in [1.165, 1.54) is 19.3 Å². The van der Waals surface area contributed by atoms with Crippen LogP contribution in [-0.2, 0) is 4.79 Å². The highest BCUT2D eigenvalue weighted by molar-refractivity contribution is 6.42. The Morgan fingerprint density at radius 2 is 2.05 bits per heavy atom. The van der Waals surface area contributed by atoms with Gasteiger partial charge in [0.25, 0.3) is 5.91 Å². The first-order chi connectivity index (χ1) is 9.56. The van der Waals surface area contributed by atoms with Gasteiger partial charge in [0.05, 0.1) is 10.0 Å². The van der Waals surface area contributed by atoms with E-state index < -0.39 is 0 Å². The molecule has 1 aliphatic carbocycles. The fourth-order valence-corrected chi connectivity index (χ4v) is 2.78. The van der Waals surface area contributed by atoms with Crippen molar-refractivity contribution in [3.05, 3.63) is 28.2 Å². The summed E-state index contributed by atoms with van der Waals surface area (Å²) in [5.41, 5.74) is 0. The second-order valence-corrected chi connectivity index (χ2v) is 6.11. The molecule has 1 amide bonds. The quantitative estimate of drug-likeness (QED) is 0.909. The number of carbonyl (C=O) groups excluding carboxylic acids is 1. The van der Waals surface area contributed by atoms with Gasteiger partial charge in [0.1, 0.15) is 5.75 Å². The van der Waals surface area contributed by atoms with Crippen molar-refractivity contribution in [2.75, 3.05) is 6.61 Å². The zero-order valence-electron chi connectivity index (χ0n) is 11.5. The number of carbonyl (C=O) groups is 1. The topological polar surface area (TPSA) is 38.3 Å². The second-order valence-electron chi connectivity index (χ2n) is 5.30. The molecule has 0 saturated heterocycles. The Labute approximate surface area is 129 Å². The van der Waals surface area contributed by atoms with E-state index in [0.717, 1.165) is 6.42 Å². The summed E-state index contributed by atoms with van der Waals surface area (Å²) in [6, 6.07) is 5.24. The molecule has 0 unspecified atom stereocenters. The minimum absolute atomic E-state index is 0.00117. The molecule has 1 saturated carbocycles. The predicted octanol–water partition coefficient (Wildman–Crippen LogP) is 4.07. The van der Waals surface area contributed by atoms with E-state index in [0.29, 0.717) is 21.7 Å². The molecule has 5 heteroatoms. The van der Waals surface area contributed by atoms with Crippen LogP contribution in [0.1, 0.15) is 32.6 Å². The Kier molecular flexibility index (Phi) is 5.55. The Morgan fingerprint density at radius 1 is 1.30 bits per heavy atom. The van der Waals surface area contributed by atoms with Crippen LogP contribution in [0.15, 0.2) is 18.2 Å². The van der Waals surface area contributed by atoms with Gasteiger partial charge in [-0.25, -0.2) is 0 Å². The maximum absolute atomic E-state index is 11.9. The van der Waals surface area contributed by atoms with Crippen molar-refractivity contribution < 1.29 is 9.53 Å². The number of benzene rings is 1. The smallest absolute Gasteiger partial charge is 0.258 e. The van der Waals surface area contributed by atoms with Crippen molar-refractivity contribution in [2.24, 2.45) is 5.92 Å². The van der Waals surface area contributed by atoms with Crippen LogP contribution in [0, 0.1) is 5.92 Å². The lowest BCUT2D eigenvalue weighted by Crippen LogP contribution is -2.43. The molecule has 1 aromatic carbocycles. The highest BCUT2D eigenvalue weighted by atomic mass is 35.5. The normalized spacial score (nSPS) is 22.4. The molecule has 1 N–H and O–H groups in total. The Bertz CT molecular complexity index is 479. The molecule has 0 aliphatic heterocycles. The predicted molar refractivity (Wildman–Crippen MR) is 81.5 cm³/mol. The van der Waals surface area contributed by atoms with Crippen molar-refractivity contribution in [3.8, 4) is 5.75 Å². The Morgan fingerprint density at radius 3 is 2.75 bits per heavy atom. The first-order valence-corrected chi connectivity index (χ1v) is 7.69. The van der Waals surface area contributed by atoms with E-state index in [1.54, 1.807) is 18.2 Å². The maximum Gasteiger partial charge on any atom is 0.258 e. The molecule has 1 fully saturated rings. The molecule has 2 atom stereocenters. The Balaban J connectivity index is 1.81. The molecule has 2 rings (SSSR count). The van der Waals surface area contributed by atoms with Crippen molar-refractivity contribution in [3.63, 3.8) is 0 Å². The average Bonchev–Trinajstić information content (AvgIpc) is 2.43. The van der Waals surface area contributed by atoms with Crippen LogP contribution in [0.5, 0.6) is 5.75 Å². The van der Waals surface area contributed by atoms with Gasteiger partial charge in [0.15, 0.2) is 6.61 Å². The summed E-state index contributed by atoms with van der Waals surface area (Å²) < 4.78 is 5.43. The number of nitrogens with one attached hydrogen (secondary N) is 1. The molecule has 20 heavy (non-hydrogen) atoms. The summed E-state index contributed by atoms with van der Waals surface area (Å²) in [5, 5.41) is 3.94. The van der Waals surface area contributed by atoms with Gasteiger partial charge in [-0.05, 0) is 30.9 Å². The molecule has 110 valence electrons. The summed E-state index contributed by atoms with van der Waals surface area (Å²) in [6.07, 6.45) is 4.68. The summed E-state index contributed by atoms with van der Waals surface area (Å²) in [6.45, 7) is 2.19. The van der Waals surface area contributed by atoms with Gasteiger partial charge < -0.3 is 10.1 Å². The standard InChI is InChI=1S/C15H19Cl2NO2/c1-10-4-2-3-5-14(10)18-15(19)9-20-11-6-7-12(16)13(17)8-11/h6-8,10,14H,2-5,9H2,1H3,(H,18,19)/t10-,14-/m1/s1. The highest BCUT2D eigenvalue weighted by Crippen LogP contribution is 2.26. The highest BCUT2D eigenvalue weighted by Gasteiger charge is 2.22. The minimum atomic E-state index is -0.0881. The number of ether oxygens (including phenoxy) is 1. The number of hydrogen-bond donors (Lipinski definition) is 1. The number of hydrogen-bond acceptors (Lipinski definition) is 2. The average molecular weight is 316 g/mol. The third-order valence-corrected chi connectivity index (χ3v) is 4.46. The van der Waals surface area contributed by atoms with Crippen molar-refractivity contribution in [1.82, 2.24) is 5.32 Å². The van der Waals surface area contributed by atoms with E-state index in [9.17, 15) is 4.79 Å². The third-order valence-electron chi connectivity index (χ3n) is 3.72. The largest absolute Gasteiger partial charge is 0.484 e. The van der Waals surface area contributed by atoms with Crippen molar-refractivity contribution >= 4 is 29.1 Å². The van der Waals surface area contributed by atoms with Gasteiger partial charge in [0, 0.05) is 12.1 Å². The third kappa shape index (κ3) is 4.29. The lowest BCUT2D eigenvalue weighted by molar-refractivity contribution is -0.124. The van der Waals surface area contributed by atoms with Crippen LogP contribution >= 0.6 is 23.2 Å². The second kappa shape index (κ2) is 7.19. The van der Waals surface area contributed by atoms with E-state index >= 15 is 0 Å². The van der Waals surface area contributed by atoms with Gasteiger partial charge in [0.2, 0.25) is 0 Å².